The molecule has 0 radical (unpaired) electrons. The van der Waals surface area contributed by atoms with Crippen LogP contribution in [0.5, 0.6) is 0 Å². The van der Waals surface area contributed by atoms with E-state index in [1.54, 1.807) is 6.07 Å². The fourth-order valence-corrected chi connectivity index (χ4v) is 1.83. The van der Waals surface area contributed by atoms with Crippen molar-refractivity contribution in [2.75, 3.05) is 7.11 Å². The van der Waals surface area contributed by atoms with Crippen LogP contribution in [0.25, 0.3) is 10.8 Å². The molecule has 2 aromatic rings. The van der Waals surface area contributed by atoms with E-state index in [-0.39, 0.29) is 18.4 Å². The third kappa shape index (κ3) is 2.40. The summed E-state index contributed by atoms with van der Waals surface area (Å²) >= 11 is 0. The number of rotatable bonds is 2. The van der Waals surface area contributed by atoms with Crippen molar-refractivity contribution in [2.24, 2.45) is 5.73 Å². The molecule has 17 heavy (non-hydrogen) atoms. The topological polar surface area (TPSA) is 52.3 Å². The van der Waals surface area contributed by atoms with Gasteiger partial charge < -0.3 is 10.5 Å². The lowest BCUT2D eigenvalue weighted by atomic mass is 9.99. The van der Waals surface area contributed by atoms with Crippen LogP contribution in [0, 0.1) is 0 Å². The van der Waals surface area contributed by atoms with Crippen LogP contribution in [0.2, 0.25) is 0 Å². The smallest absolute Gasteiger partial charge is 0.338 e. The van der Waals surface area contributed by atoms with Crippen LogP contribution in [0.4, 0.5) is 0 Å². The Bertz CT molecular complexity index is 540. The van der Waals surface area contributed by atoms with Gasteiger partial charge in [0.05, 0.1) is 12.7 Å². The van der Waals surface area contributed by atoms with Gasteiger partial charge in [0.1, 0.15) is 0 Å². The molecule has 0 aliphatic heterocycles. The van der Waals surface area contributed by atoms with Gasteiger partial charge in [-0.1, -0.05) is 30.3 Å². The molecule has 0 aliphatic rings. The summed E-state index contributed by atoms with van der Waals surface area (Å²) < 4.78 is 4.75. The minimum atomic E-state index is -0.320. The molecule has 0 spiro atoms. The number of esters is 1. The van der Waals surface area contributed by atoms with Crippen LogP contribution in [-0.4, -0.2) is 13.1 Å². The fraction of sp³-hybridized carbons (Fsp3) is 0.154. The van der Waals surface area contributed by atoms with Gasteiger partial charge >= 0.3 is 5.97 Å². The molecule has 2 aromatic carbocycles. The van der Waals surface area contributed by atoms with Gasteiger partial charge in [-0.15, -0.1) is 12.4 Å². The zero-order valence-electron chi connectivity index (χ0n) is 9.47. The first-order valence-corrected chi connectivity index (χ1v) is 5.07. The average molecular weight is 252 g/mol. The Kier molecular flexibility index (Phi) is 4.49. The van der Waals surface area contributed by atoms with Crippen molar-refractivity contribution in [2.45, 2.75) is 6.54 Å². The van der Waals surface area contributed by atoms with E-state index in [1.165, 1.54) is 7.11 Å². The first-order valence-electron chi connectivity index (χ1n) is 5.07. The first kappa shape index (κ1) is 13.5. The largest absolute Gasteiger partial charge is 0.465 e. The van der Waals surface area contributed by atoms with Crippen molar-refractivity contribution in [3.05, 3.63) is 47.5 Å². The second-order valence-corrected chi connectivity index (χ2v) is 3.51. The highest BCUT2D eigenvalue weighted by Gasteiger charge is 2.11. The van der Waals surface area contributed by atoms with Crippen LogP contribution >= 0.6 is 12.4 Å². The highest BCUT2D eigenvalue weighted by molar-refractivity contribution is 6.05. The molecule has 0 aromatic heterocycles. The monoisotopic (exact) mass is 251 g/mol. The maximum absolute atomic E-state index is 11.6. The number of hydrogen-bond acceptors (Lipinski definition) is 3. The van der Waals surface area contributed by atoms with E-state index < -0.39 is 0 Å². The zero-order valence-corrected chi connectivity index (χ0v) is 10.3. The van der Waals surface area contributed by atoms with Crippen LogP contribution in [0.3, 0.4) is 0 Å². The predicted octanol–water partition coefficient (Wildman–Crippen LogP) is 2.51. The Morgan fingerprint density at radius 2 is 1.82 bits per heavy atom. The molecule has 0 bridgehead atoms. The van der Waals surface area contributed by atoms with Gasteiger partial charge in [0.2, 0.25) is 0 Å². The summed E-state index contributed by atoms with van der Waals surface area (Å²) in [6, 6.07) is 11.3. The van der Waals surface area contributed by atoms with Crippen LogP contribution in [0.1, 0.15) is 15.9 Å². The lowest BCUT2D eigenvalue weighted by Crippen LogP contribution is -2.04. The molecular weight excluding hydrogens is 238 g/mol. The van der Waals surface area contributed by atoms with Gasteiger partial charge in [-0.3, -0.25) is 0 Å². The normalized spacial score (nSPS) is 9.76. The molecule has 0 fully saturated rings. The van der Waals surface area contributed by atoms with Crippen molar-refractivity contribution in [3.63, 3.8) is 0 Å². The highest BCUT2D eigenvalue weighted by Crippen LogP contribution is 2.23. The first-order chi connectivity index (χ1) is 7.77. The van der Waals surface area contributed by atoms with Crippen LogP contribution in [-0.2, 0) is 11.3 Å². The Labute approximate surface area is 106 Å². The summed E-state index contributed by atoms with van der Waals surface area (Å²) in [5.74, 6) is -0.320. The third-order valence-corrected chi connectivity index (χ3v) is 2.64. The number of hydrogen-bond donors (Lipinski definition) is 1. The van der Waals surface area contributed by atoms with Crippen LogP contribution < -0.4 is 5.73 Å². The van der Waals surface area contributed by atoms with Gasteiger partial charge in [-0.2, -0.15) is 0 Å². The summed E-state index contributed by atoms with van der Waals surface area (Å²) in [6.07, 6.45) is 0. The standard InChI is InChI=1S/C13H13NO2.ClH/c1-16-13(15)12-7-6-9(8-14)10-4-2-3-5-11(10)12;/h2-7H,8,14H2,1H3;1H. The third-order valence-electron chi connectivity index (χ3n) is 2.64. The Morgan fingerprint density at radius 1 is 1.18 bits per heavy atom. The molecule has 0 heterocycles. The molecule has 0 amide bonds. The van der Waals surface area contributed by atoms with Crippen molar-refractivity contribution in [1.29, 1.82) is 0 Å². The quantitative estimate of drug-likeness (QED) is 0.835. The summed E-state index contributed by atoms with van der Waals surface area (Å²) in [4.78, 5) is 11.6. The van der Waals surface area contributed by atoms with Gasteiger partial charge in [0, 0.05) is 6.54 Å². The average Bonchev–Trinajstić information content (AvgIpc) is 2.36. The molecule has 0 atom stereocenters. The summed E-state index contributed by atoms with van der Waals surface area (Å²) in [5.41, 5.74) is 7.27. The van der Waals surface area contributed by atoms with Gasteiger partial charge in [0.15, 0.2) is 0 Å². The molecule has 0 saturated heterocycles. The minimum absolute atomic E-state index is 0. The molecular formula is C13H14ClNO2. The Morgan fingerprint density at radius 3 is 2.41 bits per heavy atom. The van der Waals surface area contributed by atoms with E-state index in [9.17, 15) is 4.79 Å². The number of ether oxygens (including phenoxy) is 1. The molecule has 2 rings (SSSR count). The van der Waals surface area contributed by atoms with E-state index in [2.05, 4.69) is 0 Å². The van der Waals surface area contributed by atoms with Crippen LogP contribution in [0.15, 0.2) is 36.4 Å². The highest BCUT2D eigenvalue weighted by atomic mass is 35.5. The van der Waals surface area contributed by atoms with Crippen molar-refractivity contribution >= 4 is 29.1 Å². The number of carbonyl (C=O) groups excluding carboxylic acids is 1. The Balaban J connectivity index is 0.00000144. The zero-order chi connectivity index (χ0) is 11.5. The Hall–Kier alpha value is -1.58. The van der Waals surface area contributed by atoms with Crippen molar-refractivity contribution in [3.8, 4) is 0 Å². The second kappa shape index (κ2) is 5.66. The fourth-order valence-electron chi connectivity index (χ4n) is 1.83. The molecule has 90 valence electrons. The number of methoxy groups -OCH3 is 1. The number of fused-ring (bicyclic) bond motifs is 1. The minimum Gasteiger partial charge on any atom is -0.465 e. The van der Waals surface area contributed by atoms with Gasteiger partial charge in [-0.05, 0) is 22.4 Å². The number of nitrogens with two attached hydrogens (primary N) is 1. The molecule has 3 nitrogen and oxygen atoms in total. The van der Waals surface area contributed by atoms with E-state index in [1.807, 2.05) is 30.3 Å². The molecule has 0 unspecified atom stereocenters. The SMILES string of the molecule is COC(=O)c1ccc(CN)c2ccccc12.Cl. The molecule has 2 N–H and O–H groups in total. The number of carbonyl (C=O) groups is 1. The number of halogens is 1. The maximum atomic E-state index is 11.6. The lowest BCUT2D eigenvalue weighted by Gasteiger charge is -2.08. The van der Waals surface area contributed by atoms with E-state index in [0.717, 1.165) is 16.3 Å². The van der Waals surface area contributed by atoms with Gasteiger partial charge in [-0.25, -0.2) is 4.79 Å². The second-order valence-electron chi connectivity index (χ2n) is 3.51. The lowest BCUT2D eigenvalue weighted by molar-refractivity contribution is 0.0603. The summed E-state index contributed by atoms with van der Waals surface area (Å²) in [6.45, 7) is 0.460. The number of benzene rings is 2. The maximum Gasteiger partial charge on any atom is 0.338 e. The summed E-state index contributed by atoms with van der Waals surface area (Å²) in [5, 5.41) is 1.89. The van der Waals surface area contributed by atoms with Crippen molar-refractivity contribution in [1.82, 2.24) is 0 Å². The summed E-state index contributed by atoms with van der Waals surface area (Å²) in [7, 11) is 1.38. The predicted molar refractivity (Wildman–Crippen MR) is 70.4 cm³/mol. The molecule has 0 saturated carbocycles. The van der Waals surface area contributed by atoms with E-state index in [0.29, 0.717) is 12.1 Å². The molecule has 4 heteroatoms. The molecule has 0 aliphatic carbocycles. The van der Waals surface area contributed by atoms with Gasteiger partial charge in [0.25, 0.3) is 0 Å². The van der Waals surface area contributed by atoms with E-state index in [4.69, 9.17) is 10.5 Å². The van der Waals surface area contributed by atoms with E-state index >= 15 is 0 Å². The van der Waals surface area contributed by atoms with Crippen molar-refractivity contribution < 1.29 is 9.53 Å².